The first-order chi connectivity index (χ1) is 18.0. The second-order valence-corrected chi connectivity index (χ2v) is 9.70. The largest absolute Gasteiger partial charge is 0.410 e. The summed E-state index contributed by atoms with van der Waals surface area (Å²) in [5, 5.41) is 9.57. The quantitative estimate of drug-likeness (QED) is 0.323. The number of aromatic nitrogens is 4. The number of anilines is 2. The van der Waals surface area contributed by atoms with Gasteiger partial charge in [-0.15, -0.1) is 0 Å². The second-order valence-electron chi connectivity index (χ2n) is 8.89. The molecule has 0 radical (unpaired) electrons. The summed E-state index contributed by atoms with van der Waals surface area (Å²) in [4.78, 5) is 26.4. The van der Waals surface area contributed by atoms with Crippen LogP contribution in [0.2, 0.25) is 10.0 Å². The number of alkyl halides is 3. The van der Waals surface area contributed by atoms with Gasteiger partial charge in [-0.3, -0.25) is 14.3 Å². The molecule has 0 saturated carbocycles. The van der Waals surface area contributed by atoms with Crippen molar-refractivity contribution in [2.45, 2.75) is 31.6 Å². The summed E-state index contributed by atoms with van der Waals surface area (Å²) in [5.74, 6) is -1.05. The molecule has 0 aliphatic carbocycles. The third kappa shape index (κ3) is 4.45. The molecule has 1 aliphatic heterocycles. The van der Waals surface area contributed by atoms with Crippen LogP contribution in [0.3, 0.4) is 0 Å². The molecule has 2 aromatic carbocycles. The Morgan fingerprint density at radius 2 is 1.76 bits per heavy atom. The zero-order chi connectivity index (χ0) is 27.4. The summed E-state index contributed by atoms with van der Waals surface area (Å²) in [6, 6.07) is 12.4. The summed E-state index contributed by atoms with van der Waals surface area (Å²) < 4.78 is 45.8. The van der Waals surface area contributed by atoms with Crippen LogP contribution >= 0.6 is 23.2 Å². The van der Waals surface area contributed by atoms with Crippen LogP contribution in [0.4, 0.5) is 24.7 Å². The number of carbonyl (C=O) groups excluding carboxylic acids is 1. The van der Waals surface area contributed by atoms with Gasteiger partial charge < -0.3 is 10.6 Å². The van der Waals surface area contributed by atoms with Crippen molar-refractivity contribution in [1.82, 2.24) is 19.1 Å². The molecular weight excluding hydrogens is 544 g/mol. The van der Waals surface area contributed by atoms with Crippen molar-refractivity contribution in [3.05, 3.63) is 91.9 Å². The predicted molar refractivity (Wildman–Crippen MR) is 138 cm³/mol. The fourth-order valence-corrected chi connectivity index (χ4v) is 4.92. The molecule has 0 fully saturated rings. The van der Waals surface area contributed by atoms with Crippen molar-refractivity contribution in [1.29, 1.82) is 0 Å². The highest BCUT2D eigenvalue weighted by atomic mass is 35.5. The molecule has 4 aromatic rings. The summed E-state index contributed by atoms with van der Waals surface area (Å²) in [6.45, 7) is 1.63. The van der Waals surface area contributed by atoms with E-state index in [0.29, 0.717) is 26.6 Å². The predicted octanol–water partition coefficient (Wildman–Crippen LogP) is 5.90. The lowest BCUT2D eigenvalue weighted by atomic mass is 9.97. The molecule has 2 N–H and O–H groups in total. The number of rotatable bonds is 4. The third-order valence-corrected chi connectivity index (χ3v) is 7.19. The van der Waals surface area contributed by atoms with Gasteiger partial charge >= 0.3 is 6.18 Å². The Morgan fingerprint density at radius 1 is 1.11 bits per heavy atom. The fourth-order valence-electron chi connectivity index (χ4n) is 4.53. The van der Waals surface area contributed by atoms with Crippen LogP contribution in [0.25, 0.3) is 5.69 Å². The Morgan fingerprint density at radius 3 is 2.39 bits per heavy atom. The first-order valence-electron chi connectivity index (χ1n) is 11.5. The minimum atomic E-state index is -4.66. The zero-order valence-electron chi connectivity index (χ0n) is 20.1. The van der Waals surface area contributed by atoms with E-state index in [2.05, 4.69) is 15.7 Å². The molecule has 5 rings (SSSR count). The van der Waals surface area contributed by atoms with Gasteiger partial charge in [-0.25, -0.2) is 9.36 Å². The van der Waals surface area contributed by atoms with E-state index in [-0.39, 0.29) is 22.9 Å². The number of benzene rings is 2. The Labute approximate surface area is 224 Å². The summed E-state index contributed by atoms with van der Waals surface area (Å²) in [7, 11) is 1.65. The number of hydrogen-bond donors (Lipinski definition) is 2. The lowest BCUT2D eigenvalue weighted by Crippen LogP contribution is -2.35. The first kappa shape index (κ1) is 25.9. The van der Waals surface area contributed by atoms with Gasteiger partial charge in [-0.2, -0.15) is 18.3 Å². The van der Waals surface area contributed by atoms with Crippen LogP contribution < -0.4 is 16.2 Å². The number of fused-ring (bicyclic) bond motifs is 1. The molecule has 198 valence electrons. The molecule has 2 atom stereocenters. The molecule has 38 heavy (non-hydrogen) atoms. The number of carbonyl (C=O) groups is 1. The van der Waals surface area contributed by atoms with Gasteiger partial charge in [-0.1, -0.05) is 53.5 Å². The van der Waals surface area contributed by atoms with Crippen molar-refractivity contribution < 1.29 is 18.0 Å². The number of amides is 1. The lowest BCUT2D eigenvalue weighted by molar-refractivity contribution is -0.173. The average molecular weight is 565 g/mol. The second kappa shape index (κ2) is 9.55. The summed E-state index contributed by atoms with van der Waals surface area (Å²) in [5.41, 5.74) is 0.584. The highest BCUT2D eigenvalue weighted by Gasteiger charge is 2.48. The van der Waals surface area contributed by atoms with Crippen LogP contribution in [0.15, 0.2) is 59.4 Å². The molecule has 13 heteroatoms. The van der Waals surface area contributed by atoms with Gasteiger partial charge in [-0.05, 0) is 36.8 Å². The minimum Gasteiger partial charge on any atom is -0.362 e. The van der Waals surface area contributed by atoms with Crippen LogP contribution in [0.5, 0.6) is 0 Å². The average Bonchev–Trinajstić information content (AvgIpc) is 3.32. The maximum Gasteiger partial charge on any atom is 0.410 e. The number of nitrogens with zero attached hydrogens (tertiary/aromatic N) is 4. The number of nitrogens with one attached hydrogen (secondary N) is 2. The van der Waals surface area contributed by atoms with E-state index in [0.717, 1.165) is 0 Å². The molecular formula is C25H21Cl2F3N6O2. The van der Waals surface area contributed by atoms with Crippen LogP contribution in [-0.2, 0) is 7.05 Å². The van der Waals surface area contributed by atoms with Gasteiger partial charge in [0, 0.05) is 18.5 Å². The van der Waals surface area contributed by atoms with E-state index < -0.39 is 35.4 Å². The Kier molecular flexibility index (Phi) is 6.52. The SMILES string of the molecule is Cc1c(NC(=O)c2nn3c(c2Cl)N[C@H](c2ccc(Cl)cc2)C[C@@H]3C(F)(F)F)c(=O)n(-c2ccccc2)n1C. The molecule has 0 saturated heterocycles. The van der Waals surface area contributed by atoms with E-state index in [1.807, 2.05) is 0 Å². The molecule has 8 nitrogen and oxygen atoms in total. The summed E-state index contributed by atoms with van der Waals surface area (Å²) >= 11 is 12.4. The lowest BCUT2D eigenvalue weighted by Gasteiger charge is -2.33. The topological polar surface area (TPSA) is 85.9 Å². The molecule has 3 heterocycles. The van der Waals surface area contributed by atoms with Gasteiger partial charge in [0.1, 0.15) is 16.5 Å². The third-order valence-electron chi connectivity index (χ3n) is 6.58. The Balaban J connectivity index is 1.51. The van der Waals surface area contributed by atoms with Crippen molar-refractivity contribution in [3.63, 3.8) is 0 Å². The summed E-state index contributed by atoms with van der Waals surface area (Å²) in [6.07, 6.45) is -5.04. The van der Waals surface area contributed by atoms with E-state index in [1.165, 1.54) is 4.68 Å². The van der Waals surface area contributed by atoms with Crippen LogP contribution in [0, 0.1) is 6.92 Å². The van der Waals surface area contributed by atoms with Gasteiger partial charge in [0.05, 0.1) is 17.4 Å². The maximum atomic E-state index is 14.1. The van der Waals surface area contributed by atoms with Crippen molar-refractivity contribution >= 4 is 40.6 Å². The van der Waals surface area contributed by atoms with Crippen molar-refractivity contribution in [3.8, 4) is 5.69 Å². The molecule has 2 aromatic heterocycles. The van der Waals surface area contributed by atoms with E-state index in [1.54, 1.807) is 73.3 Å². The molecule has 0 spiro atoms. The van der Waals surface area contributed by atoms with Gasteiger partial charge in [0.2, 0.25) is 0 Å². The highest BCUT2D eigenvalue weighted by molar-refractivity contribution is 6.36. The Hall–Kier alpha value is -3.70. The molecule has 1 amide bonds. The molecule has 0 bridgehead atoms. The minimum absolute atomic E-state index is 0.0391. The normalized spacial score (nSPS) is 17.1. The standard InChI is InChI=1S/C25H21Cl2F3N6O2/c1-13-20(24(38)36(34(13)2)16-6-4-3-5-7-16)32-23(37)21-19(27)22-31-17(14-8-10-15(26)11-9-14)12-18(25(28,29)30)35(22)33-21/h3-11,17-18,31H,12H2,1-2H3,(H,32,37)/t17-,18+/m0/s1. The van der Waals surface area contributed by atoms with Crippen LogP contribution in [-0.4, -0.2) is 31.2 Å². The highest BCUT2D eigenvalue weighted by Crippen LogP contribution is 2.46. The maximum absolute atomic E-state index is 14.1. The van der Waals surface area contributed by atoms with Gasteiger partial charge in [0.15, 0.2) is 11.7 Å². The fraction of sp³-hybridized carbons (Fsp3) is 0.240. The van der Waals surface area contributed by atoms with Gasteiger partial charge in [0.25, 0.3) is 11.5 Å². The monoisotopic (exact) mass is 564 g/mol. The Bertz CT molecular complexity index is 1580. The first-order valence-corrected chi connectivity index (χ1v) is 12.2. The smallest absolute Gasteiger partial charge is 0.362 e. The molecule has 1 aliphatic rings. The van der Waals surface area contributed by atoms with E-state index in [4.69, 9.17) is 23.2 Å². The van der Waals surface area contributed by atoms with Crippen molar-refractivity contribution in [2.75, 3.05) is 10.6 Å². The number of hydrogen-bond acceptors (Lipinski definition) is 4. The van der Waals surface area contributed by atoms with Crippen LogP contribution in [0.1, 0.15) is 40.3 Å². The number of para-hydroxylation sites is 1. The molecule has 0 unspecified atom stereocenters. The van der Waals surface area contributed by atoms with E-state index in [9.17, 15) is 22.8 Å². The number of halogens is 5. The zero-order valence-corrected chi connectivity index (χ0v) is 21.6. The van der Waals surface area contributed by atoms with Crippen molar-refractivity contribution in [2.24, 2.45) is 7.05 Å². The van der Waals surface area contributed by atoms with E-state index >= 15 is 0 Å².